The van der Waals surface area contributed by atoms with Crippen molar-refractivity contribution in [2.24, 2.45) is 0 Å². The molecule has 0 bridgehead atoms. The second-order valence-electron chi connectivity index (χ2n) is 5.03. The fraction of sp³-hybridized carbons (Fsp3) is 0.167. The van der Waals surface area contributed by atoms with Crippen LogP contribution >= 0.6 is 0 Å². The van der Waals surface area contributed by atoms with Crippen LogP contribution in [0.15, 0.2) is 48.5 Å². The quantitative estimate of drug-likeness (QED) is 0.778. The molecule has 0 aromatic heterocycles. The molecule has 0 atom stereocenters. The van der Waals surface area contributed by atoms with Gasteiger partial charge in [0.2, 0.25) is 0 Å². The first-order chi connectivity index (χ1) is 10.2. The summed E-state index contributed by atoms with van der Waals surface area (Å²) >= 11 is 0. The number of halogens is 1. The maximum Gasteiger partial charge on any atom is 0.337 e. The van der Waals surface area contributed by atoms with Gasteiger partial charge in [-0.25, -0.2) is 9.18 Å². The Morgan fingerprint density at radius 2 is 1.90 bits per heavy atom. The Morgan fingerprint density at radius 1 is 1.14 bits per heavy atom. The van der Waals surface area contributed by atoms with Gasteiger partial charge in [0.25, 0.3) is 0 Å². The summed E-state index contributed by atoms with van der Waals surface area (Å²) in [6.07, 6.45) is 4.02. The molecule has 1 aliphatic carbocycles. The van der Waals surface area contributed by atoms with E-state index < -0.39 is 0 Å². The number of aryl methyl sites for hydroxylation is 1. The molecule has 0 radical (unpaired) electrons. The topological polar surface area (TPSA) is 26.3 Å². The number of benzene rings is 2. The van der Waals surface area contributed by atoms with Crippen molar-refractivity contribution in [3.05, 3.63) is 76.6 Å². The second kappa shape index (κ2) is 5.52. The van der Waals surface area contributed by atoms with Gasteiger partial charge in [-0.05, 0) is 59.4 Å². The first-order valence-electron chi connectivity index (χ1n) is 6.87. The highest BCUT2D eigenvalue weighted by molar-refractivity contribution is 5.92. The van der Waals surface area contributed by atoms with Crippen molar-refractivity contribution in [3.8, 4) is 0 Å². The van der Waals surface area contributed by atoms with Gasteiger partial charge in [-0.1, -0.05) is 24.3 Å². The van der Waals surface area contributed by atoms with Gasteiger partial charge in [0.1, 0.15) is 5.82 Å². The predicted octanol–water partition coefficient (Wildman–Crippen LogP) is 3.99. The van der Waals surface area contributed by atoms with Crippen LogP contribution in [-0.2, 0) is 11.2 Å². The first-order valence-corrected chi connectivity index (χ1v) is 6.87. The fourth-order valence-corrected chi connectivity index (χ4v) is 2.67. The van der Waals surface area contributed by atoms with Gasteiger partial charge in [0.05, 0.1) is 12.7 Å². The Hall–Kier alpha value is -2.42. The molecule has 2 aromatic carbocycles. The molecule has 2 nitrogen and oxygen atoms in total. The molecule has 0 amide bonds. The van der Waals surface area contributed by atoms with E-state index in [-0.39, 0.29) is 11.8 Å². The summed E-state index contributed by atoms with van der Waals surface area (Å²) in [5, 5.41) is 0. The van der Waals surface area contributed by atoms with Gasteiger partial charge in [0, 0.05) is 0 Å². The lowest BCUT2D eigenvalue weighted by atomic mass is 9.86. The van der Waals surface area contributed by atoms with Gasteiger partial charge in [0.15, 0.2) is 0 Å². The molecule has 1 aliphatic rings. The summed E-state index contributed by atoms with van der Waals surface area (Å²) in [4.78, 5) is 11.7. The zero-order chi connectivity index (χ0) is 14.8. The first kappa shape index (κ1) is 13.6. The zero-order valence-electron chi connectivity index (χ0n) is 11.7. The van der Waals surface area contributed by atoms with Crippen molar-refractivity contribution >= 4 is 11.5 Å². The van der Waals surface area contributed by atoms with Gasteiger partial charge >= 0.3 is 5.97 Å². The van der Waals surface area contributed by atoms with Gasteiger partial charge < -0.3 is 4.74 Å². The predicted molar refractivity (Wildman–Crippen MR) is 79.6 cm³/mol. The molecule has 21 heavy (non-hydrogen) atoms. The number of allylic oxidation sites excluding steroid dienone is 1. The Bertz CT molecular complexity index is 714. The zero-order valence-corrected chi connectivity index (χ0v) is 11.7. The maximum absolute atomic E-state index is 13.1. The van der Waals surface area contributed by atoms with Crippen LogP contribution in [0.4, 0.5) is 4.39 Å². The van der Waals surface area contributed by atoms with Gasteiger partial charge in [-0.3, -0.25) is 0 Å². The highest BCUT2D eigenvalue weighted by Crippen LogP contribution is 2.32. The van der Waals surface area contributed by atoms with E-state index in [1.165, 1.54) is 24.8 Å². The average molecular weight is 282 g/mol. The number of hydrogen-bond acceptors (Lipinski definition) is 2. The lowest BCUT2D eigenvalue weighted by molar-refractivity contribution is 0.0600. The molecule has 0 saturated carbocycles. The van der Waals surface area contributed by atoms with Crippen molar-refractivity contribution in [1.29, 1.82) is 0 Å². The lowest BCUT2D eigenvalue weighted by Gasteiger charge is -2.19. The molecular formula is C18H15FO2. The normalized spacial score (nSPS) is 13.3. The van der Waals surface area contributed by atoms with E-state index >= 15 is 0 Å². The summed E-state index contributed by atoms with van der Waals surface area (Å²) in [5.41, 5.74) is 4.76. The molecule has 2 aromatic rings. The Kier molecular flexibility index (Phi) is 3.57. The largest absolute Gasteiger partial charge is 0.465 e. The summed E-state index contributed by atoms with van der Waals surface area (Å²) in [5.74, 6) is -0.597. The number of methoxy groups -OCH3 is 1. The SMILES string of the molecule is COC(=O)c1ccc2c(c1)C(c1ccc(F)cc1)=CCC2. The van der Waals surface area contributed by atoms with Crippen LogP contribution in [0.25, 0.3) is 5.57 Å². The van der Waals surface area contributed by atoms with E-state index in [0.717, 1.165) is 29.5 Å². The van der Waals surface area contributed by atoms with Crippen LogP contribution < -0.4 is 0 Å². The van der Waals surface area contributed by atoms with Crippen LogP contribution in [0.5, 0.6) is 0 Å². The molecule has 3 rings (SSSR count). The highest BCUT2D eigenvalue weighted by Gasteiger charge is 2.17. The fourth-order valence-electron chi connectivity index (χ4n) is 2.67. The molecule has 0 aliphatic heterocycles. The summed E-state index contributed by atoms with van der Waals surface area (Å²) < 4.78 is 17.9. The molecule has 0 unspecified atom stereocenters. The third kappa shape index (κ3) is 2.59. The summed E-state index contributed by atoms with van der Waals surface area (Å²) in [6.45, 7) is 0. The Balaban J connectivity index is 2.08. The van der Waals surface area contributed by atoms with Gasteiger partial charge in [-0.15, -0.1) is 0 Å². The minimum Gasteiger partial charge on any atom is -0.465 e. The number of carbonyl (C=O) groups excluding carboxylic acids is 1. The van der Waals surface area contributed by atoms with E-state index in [1.54, 1.807) is 18.2 Å². The Labute approximate surface area is 122 Å². The number of fused-ring (bicyclic) bond motifs is 1. The van der Waals surface area contributed by atoms with E-state index in [1.807, 2.05) is 12.1 Å². The number of esters is 1. The number of hydrogen-bond donors (Lipinski definition) is 0. The van der Waals surface area contributed by atoms with Crippen LogP contribution in [0.2, 0.25) is 0 Å². The number of carbonyl (C=O) groups is 1. The van der Waals surface area contributed by atoms with Crippen molar-refractivity contribution in [1.82, 2.24) is 0 Å². The van der Waals surface area contributed by atoms with Crippen LogP contribution in [0, 0.1) is 5.82 Å². The van der Waals surface area contributed by atoms with Gasteiger partial charge in [-0.2, -0.15) is 0 Å². The van der Waals surface area contributed by atoms with E-state index in [0.29, 0.717) is 5.56 Å². The van der Waals surface area contributed by atoms with Crippen LogP contribution in [-0.4, -0.2) is 13.1 Å². The van der Waals surface area contributed by atoms with Crippen LogP contribution in [0.3, 0.4) is 0 Å². The molecule has 3 heteroatoms. The van der Waals surface area contributed by atoms with E-state index in [4.69, 9.17) is 4.74 Å². The molecule has 0 fully saturated rings. The molecule has 0 heterocycles. The molecule has 0 spiro atoms. The lowest BCUT2D eigenvalue weighted by Crippen LogP contribution is -2.06. The standard InChI is InChI=1S/C18H15FO2/c1-21-18(20)14-6-5-12-3-2-4-16(17(12)11-14)13-7-9-15(19)10-8-13/h4-11H,2-3H2,1H3. The smallest absolute Gasteiger partial charge is 0.337 e. The number of rotatable bonds is 2. The monoisotopic (exact) mass is 282 g/mol. The summed E-state index contributed by atoms with van der Waals surface area (Å²) in [6, 6.07) is 12.1. The van der Waals surface area contributed by atoms with E-state index in [9.17, 15) is 9.18 Å². The minimum atomic E-state index is -0.346. The molecule has 106 valence electrons. The maximum atomic E-state index is 13.1. The third-order valence-electron chi connectivity index (χ3n) is 3.74. The molecule has 0 N–H and O–H groups in total. The second-order valence-corrected chi connectivity index (χ2v) is 5.03. The van der Waals surface area contributed by atoms with Crippen molar-refractivity contribution in [2.75, 3.05) is 7.11 Å². The minimum absolute atomic E-state index is 0.251. The van der Waals surface area contributed by atoms with E-state index in [2.05, 4.69) is 6.08 Å². The molecular weight excluding hydrogens is 267 g/mol. The van der Waals surface area contributed by atoms with Crippen molar-refractivity contribution in [3.63, 3.8) is 0 Å². The van der Waals surface area contributed by atoms with Crippen molar-refractivity contribution in [2.45, 2.75) is 12.8 Å². The Morgan fingerprint density at radius 3 is 2.62 bits per heavy atom. The van der Waals surface area contributed by atoms with Crippen LogP contribution in [0.1, 0.15) is 33.5 Å². The van der Waals surface area contributed by atoms with Crippen molar-refractivity contribution < 1.29 is 13.9 Å². The third-order valence-corrected chi connectivity index (χ3v) is 3.74. The molecule has 0 saturated heterocycles. The highest BCUT2D eigenvalue weighted by atomic mass is 19.1. The summed E-state index contributed by atoms with van der Waals surface area (Å²) in [7, 11) is 1.37. The number of ether oxygens (including phenoxy) is 1. The average Bonchev–Trinajstić information content (AvgIpc) is 2.54.